The molecular formula is C69H126O6. The molecule has 6 heteroatoms. The van der Waals surface area contributed by atoms with E-state index in [1.54, 1.807) is 0 Å². The molecule has 0 aliphatic rings. The molecule has 0 spiro atoms. The summed E-state index contributed by atoms with van der Waals surface area (Å²) in [6.07, 6.45) is 80.1. The minimum Gasteiger partial charge on any atom is -0.462 e. The Morgan fingerprint density at radius 1 is 0.280 bits per heavy atom. The van der Waals surface area contributed by atoms with Gasteiger partial charge in [-0.05, 0) is 57.8 Å². The van der Waals surface area contributed by atoms with Crippen LogP contribution in [-0.4, -0.2) is 37.2 Å². The quantitative estimate of drug-likeness (QED) is 0.0261. The van der Waals surface area contributed by atoms with Gasteiger partial charge in [-0.25, -0.2) is 0 Å². The minimum atomic E-state index is -0.783. The highest BCUT2D eigenvalue weighted by molar-refractivity contribution is 5.71. The molecule has 1 unspecified atom stereocenters. The van der Waals surface area contributed by atoms with E-state index >= 15 is 0 Å². The fourth-order valence-electron chi connectivity index (χ4n) is 9.91. The minimum absolute atomic E-state index is 0.0788. The number of allylic oxidation sites excluding steroid dienone is 8. The van der Waals surface area contributed by atoms with Gasteiger partial charge in [-0.3, -0.25) is 14.4 Å². The van der Waals surface area contributed by atoms with Crippen molar-refractivity contribution in [3.63, 3.8) is 0 Å². The number of unbranched alkanes of at least 4 members (excludes halogenated alkanes) is 42. The number of ether oxygens (including phenoxy) is 3. The molecule has 0 fully saturated rings. The Labute approximate surface area is 467 Å². The van der Waals surface area contributed by atoms with Gasteiger partial charge in [0.05, 0.1) is 0 Å². The Hall–Kier alpha value is -2.63. The molecule has 0 aromatic heterocycles. The molecule has 0 heterocycles. The Kier molecular flexibility index (Phi) is 61.7. The molecule has 75 heavy (non-hydrogen) atoms. The van der Waals surface area contributed by atoms with Gasteiger partial charge in [0.15, 0.2) is 6.10 Å². The molecule has 438 valence electrons. The van der Waals surface area contributed by atoms with E-state index in [0.29, 0.717) is 19.3 Å². The second-order valence-corrected chi connectivity index (χ2v) is 22.4. The van der Waals surface area contributed by atoms with Crippen molar-refractivity contribution in [1.29, 1.82) is 0 Å². The van der Waals surface area contributed by atoms with Crippen molar-refractivity contribution in [3.05, 3.63) is 48.6 Å². The van der Waals surface area contributed by atoms with E-state index in [9.17, 15) is 14.4 Å². The summed E-state index contributed by atoms with van der Waals surface area (Å²) in [5.74, 6) is -0.885. The molecule has 1 atom stereocenters. The smallest absolute Gasteiger partial charge is 0.306 e. The van der Waals surface area contributed by atoms with Crippen LogP contribution in [0.2, 0.25) is 0 Å². The van der Waals surface area contributed by atoms with Crippen LogP contribution in [-0.2, 0) is 28.6 Å². The summed E-state index contributed by atoms with van der Waals surface area (Å²) in [7, 11) is 0. The molecule has 0 saturated heterocycles. The van der Waals surface area contributed by atoms with Gasteiger partial charge in [-0.1, -0.05) is 326 Å². The molecule has 0 amide bonds. The molecule has 0 bridgehead atoms. The van der Waals surface area contributed by atoms with Crippen LogP contribution in [0.3, 0.4) is 0 Å². The topological polar surface area (TPSA) is 78.9 Å². The molecule has 0 saturated carbocycles. The number of hydrogen-bond donors (Lipinski definition) is 0. The first-order chi connectivity index (χ1) is 37.0. The highest BCUT2D eigenvalue weighted by Gasteiger charge is 2.19. The van der Waals surface area contributed by atoms with Crippen molar-refractivity contribution < 1.29 is 28.6 Å². The van der Waals surface area contributed by atoms with Crippen LogP contribution in [0.5, 0.6) is 0 Å². The molecular weight excluding hydrogens is 925 g/mol. The lowest BCUT2D eigenvalue weighted by atomic mass is 10.0. The van der Waals surface area contributed by atoms with Crippen molar-refractivity contribution in [2.24, 2.45) is 0 Å². The van der Waals surface area contributed by atoms with Crippen LogP contribution in [0.4, 0.5) is 0 Å². The summed E-state index contributed by atoms with van der Waals surface area (Å²) in [5.41, 5.74) is 0. The third-order valence-electron chi connectivity index (χ3n) is 14.8. The summed E-state index contributed by atoms with van der Waals surface area (Å²) in [6.45, 7) is 6.55. The van der Waals surface area contributed by atoms with E-state index in [1.807, 2.05) is 0 Å². The van der Waals surface area contributed by atoms with Crippen LogP contribution in [0, 0.1) is 0 Å². The second kappa shape index (κ2) is 63.9. The zero-order valence-corrected chi connectivity index (χ0v) is 50.3. The van der Waals surface area contributed by atoms with E-state index < -0.39 is 6.10 Å². The number of esters is 3. The van der Waals surface area contributed by atoms with Gasteiger partial charge >= 0.3 is 17.9 Å². The van der Waals surface area contributed by atoms with Crippen molar-refractivity contribution in [3.8, 4) is 0 Å². The first-order valence-corrected chi connectivity index (χ1v) is 33.1. The third-order valence-corrected chi connectivity index (χ3v) is 14.8. The van der Waals surface area contributed by atoms with Crippen LogP contribution >= 0.6 is 0 Å². The van der Waals surface area contributed by atoms with E-state index in [4.69, 9.17) is 14.2 Å². The lowest BCUT2D eigenvalue weighted by Gasteiger charge is -2.18. The van der Waals surface area contributed by atoms with Gasteiger partial charge in [0.2, 0.25) is 0 Å². The number of rotatable bonds is 61. The normalized spacial score (nSPS) is 12.3. The zero-order chi connectivity index (χ0) is 54.3. The summed E-state index contributed by atoms with van der Waals surface area (Å²) < 4.78 is 16.9. The highest BCUT2D eigenvalue weighted by Crippen LogP contribution is 2.18. The standard InChI is InChI=1S/C69H126O6/c1-4-7-10-13-16-19-22-24-26-28-29-30-31-32-33-34-35-36-37-38-39-40-42-43-45-47-50-53-56-59-62-68(71)74-65-66(64-73-67(70)61-58-55-52-49-21-18-15-12-9-6-3)75-69(72)63-60-57-54-51-48-46-44-41-27-25-23-20-17-14-11-8-5-2/h8,11,17,20,25,27,44,46,66H,4-7,9-10,12-16,18-19,21-24,26,28-43,45,47-65H2,1-3H3/b11-8-,20-17-,27-25-,46-44-. The number of hydrogen-bond acceptors (Lipinski definition) is 6. The molecule has 0 aromatic rings. The Balaban J connectivity index is 4.11. The van der Waals surface area contributed by atoms with E-state index in [-0.39, 0.29) is 31.1 Å². The average Bonchev–Trinajstić information content (AvgIpc) is 3.41. The molecule has 0 aliphatic carbocycles. The van der Waals surface area contributed by atoms with Crippen molar-refractivity contribution in [2.75, 3.05) is 13.2 Å². The Morgan fingerprint density at radius 3 is 0.813 bits per heavy atom. The lowest BCUT2D eigenvalue weighted by molar-refractivity contribution is -0.167. The molecule has 0 aliphatic heterocycles. The second-order valence-electron chi connectivity index (χ2n) is 22.4. The number of carbonyl (C=O) groups excluding carboxylic acids is 3. The van der Waals surface area contributed by atoms with E-state index in [0.717, 1.165) is 96.3 Å². The zero-order valence-electron chi connectivity index (χ0n) is 50.3. The maximum atomic E-state index is 12.9. The predicted octanol–water partition coefficient (Wildman–Crippen LogP) is 22.6. The number of carbonyl (C=O) groups is 3. The highest BCUT2D eigenvalue weighted by atomic mass is 16.6. The maximum Gasteiger partial charge on any atom is 0.306 e. The SMILES string of the molecule is CC/C=C\C/C=C\C/C=C\C/C=C\CCCCCCC(=O)OC(COC(=O)CCCCCCCCCCCC)COC(=O)CCCCCCCCCCCCCCCCCCCCCCCCCCCCCCCC. The van der Waals surface area contributed by atoms with Crippen LogP contribution in [0.25, 0.3) is 0 Å². The van der Waals surface area contributed by atoms with Crippen molar-refractivity contribution in [1.82, 2.24) is 0 Å². The molecule has 0 aromatic carbocycles. The molecule has 0 N–H and O–H groups in total. The van der Waals surface area contributed by atoms with Gasteiger partial charge in [0.1, 0.15) is 13.2 Å². The van der Waals surface area contributed by atoms with Gasteiger partial charge in [-0.15, -0.1) is 0 Å². The molecule has 0 radical (unpaired) electrons. The largest absolute Gasteiger partial charge is 0.462 e. The fourth-order valence-corrected chi connectivity index (χ4v) is 9.91. The van der Waals surface area contributed by atoms with Gasteiger partial charge in [0.25, 0.3) is 0 Å². The maximum absolute atomic E-state index is 12.9. The Bertz CT molecular complexity index is 1300. The van der Waals surface area contributed by atoms with Gasteiger partial charge in [-0.2, -0.15) is 0 Å². The first-order valence-electron chi connectivity index (χ1n) is 33.1. The van der Waals surface area contributed by atoms with Gasteiger partial charge in [0, 0.05) is 19.3 Å². The monoisotopic (exact) mass is 1050 g/mol. The average molecular weight is 1050 g/mol. The van der Waals surface area contributed by atoms with Crippen LogP contribution in [0.1, 0.15) is 355 Å². The molecule has 6 nitrogen and oxygen atoms in total. The lowest BCUT2D eigenvalue weighted by Crippen LogP contribution is -2.30. The summed E-state index contributed by atoms with van der Waals surface area (Å²) in [5, 5.41) is 0. The fraction of sp³-hybridized carbons (Fsp3) is 0.841. The van der Waals surface area contributed by atoms with E-state index in [1.165, 1.54) is 218 Å². The Morgan fingerprint density at radius 2 is 0.520 bits per heavy atom. The van der Waals surface area contributed by atoms with Crippen LogP contribution < -0.4 is 0 Å². The van der Waals surface area contributed by atoms with Crippen molar-refractivity contribution in [2.45, 2.75) is 361 Å². The predicted molar refractivity (Wildman–Crippen MR) is 325 cm³/mol. The van der Waals surface area contributed by atoms with Crippen molar-refractivity contribution >= 4 is 17.9 Å². The summed E-state index contributed by atoms with van der Waals surface area (Å²) in [4.78, 5) is 38.2. The third kappa shape index (κ3) is 62.1. The first kappa shape index (κ1) is 72.4. The van der Waals surface area contributed by atoms with E-state index in [2.05, 4.69) is 69.4 Å². The summed E-state index contributed by atoms with van der Waals surface area (Å²) >= 11 is 0. The molecule has 0 rings (SSSR count). The summed E-state index contributed by atoms with van der Waals surface area (Å²) in [6, 6.07) is 0. The van der Waals surface area contributed by atoms with Crippen LogP contribution in [0.15, 0.2) is 48.6 Å². The van der Waals surface area contributed by atoms with Gasteiger partial charge < -0.3 is 14.2 Å².